The third-order valence-corrected chi connectivity index (χ3v) is 3.51. The second-order valence-corrected chi connectivity index (χ2v) is 5.42. The van der Waals surface area contributed by atoms with E-state index in [1.54, 1.807) is 36.4 Å². The number of aromatic carboxylic acids is 2. The molecule has 0 saturated carbocycles. The number of nitrogens with zero attached hydrogens (tertiary/aromatic N) is 3. The molecule has 15 heteroatoms. The summed E-state index contributed by atoms with van der Waals surface area (Å²) in [4.78, 5) is 30.2. The van der Waals surface area contributed by atoms with Crippen LogP contribution in [-0.2, 0) is 35.9 Å². The van der Waals surface area contributed by atoms with E-state index in [0.29, 0.717) is 33.0 Å². The number of benzene rings is 1. The van der Waals surface area contributed by atoms with Gasteiger partial charge in [-0.1, -0.05) is 0 Å². The van der Waals surface area contributed by atoms with Crippen LogP contribution in [0.2, 0.25) is 0 Å². The summed E-state index contributed by atoms with van der Waals surface area (Å²) in [5.74, 6) is -3.39. The van der Waals surface area contributed by atoms with E-state index in [2.05, 4.69) is 0 Å². The van der Waals surface area contributed by atoms with Crippen molar-refractivity contribution >= 4 is 17.6 Å². The standard InChI is InChI=1S/C10H8N2O2.C8H5NO6.3H2O.Zn/c13-11-7-3-1-5-9(11)10-6-2-4-8-12(10)14;10-7(11)4-1-5(8(12)13)3-6(2-4)9(14)15;;;;/h1-8H;1-3H,(H,10,11)(H,12,13);3*1H2;/q;;;;;+2/p+1. The summed E-state index contributed by atoms with van der Waals surface area (Å²) in [7, 11) is 0. The molecule has 9 N–H and O–H groups in total. The van der Waals surface area contributed by atoms with Crippen LogP contribution in [0.25, 0.3) is 11.4 Å². The molecule has 0 aliphatic carbocycles. The van der Waals surface area contributed by atoms with Crippen molar-refractivity contribution in [1.29, 1.82) is 0 Å². The molecule has 0 bridgehead atoms. The van der Waals surface area contributed by atoms with E-state index in [-0.39, 0.29) is 35.9 Å². The zero-order chi connectivity index (χ0) is 21.6. The molecule has 0 amide bonds. The van der Waals surface area contributed by atoms with E-state index in [9.17, 15) is 40.3 Å². The number of carbonyl (C=O) groups is 2. The first-order chi connectivity index (χ1) is 13.7. The van der Waals surface area contributed by atoms with Crippen LogP contribution in [0.15, 0.2) is 67.0 Å². The van der Waals surface area contributed by atoms with Crippen LogP contribution in [-0.4, -0.2) is 16.9 Å². The maximum absolute atomic E-state index is 11.3. The second kappa shape index (κ2) is 14.9. The molecular formula is C18H20N3O11Zn+3. The van der Waals surface area contributed by atoms with Crippen LogP contribution >= 0.6 is 0 Å². The van der Waals surface area contributed by atoms with Crippen LogP contribution in [0.1, 0.15) is 20.7 Å². The van der Waals surface area contributed by atoms with E-state index in [1.807, 2.05) is 0 Å². The number of rotatable bonds is 4. The van der Waals surface area contributed by atoms with Gasteiger partial charge in [-0.2, -0.15) is 9.46 Å². The van der Waals surface area contributed by atoms with Crippen LogP contribution in [0.5, 0.6) is 0 Å². The predicted molar refractivity (Wildman–Crippen MR) is 106 cm³/mol. The molecule has 1 aromatic carbocycles. The number of carbonyl (C=O) groups excluding carboxylic acids is 2. The number of carboxylic acids is 2. The van der Waals surface area contributed by atoms with Gasteiger partial charge in [-0.25, -0.2) is 0 Å². The van der Waals surface area contributed by atoms with Crippen LogP contribution < -0.4 is 19.7 Å². The molecule has 3 rings (SSSR count). The van der Waals surface area contributed by atoms with Gasteiger partial charge in [0.15, 0.2) is 12.4 Å². The van der Waals surface area contributed by atoms with Gasteiger partial charge in [0.1, 0.15) is 0 Å². The molecule has 14 nitrogen and oxygen atoms in total. The molecule has 3 aromatic rings. The van der Waals surface area contributed by atoms with Gasteiger partial charge >= 0.3 is 19.5 Å². The number of nitro benzene ring substituents is 1. The third-order valence-electron chi connectivity index (χ3n) is 3.51. The van der Waals surface area contributed by atoms with Crippen LogP contribution in [0.3, 0.4) is 0 Å². The number of nitro groups is 1. The number of aromatic nitrogens is 2. The smallest absolute Gasteiger partial charge is 0.618 e. The molecule has 33 heavy (non-hydrogen) atoms. The van der Waals surface area contributed by atoms with Gasteiger partial charge in [0, 0.05) is 47.5 Å². The minimum absolute atomic E-state index is 0. The summed E-state index contributed by atoms with van der Waals surface area (Å²) < 4.78 is 1.34. The molecule has 0 atom stereocenters. The molecule has 0 aliphatic rings. The van der Waals surface area contributed by atoms with Gasteiger partial charge < -0.3 is 46.6 Å². The quantitative estimate of drug-likeness (QED) is 0.0819. The average Bonchev–Trinajstić information content (AvgIpc) is 2.69. The first-order valence-corrected chi connectivity index (χ1v) is 7.79. The van der Waals surface area contributed by atoms with Gasteiger partial charge in [0.25, 0.3) is 17.1 Å². The summed E-state index contributed by atoms with van der Waals surface area (Å²) in [5, 5.41) is 53.8. The summed E-state index contributed by atoms with van der Waals surface area (Å²) in [6, 6.07) is 12.0. The Kier molecular flexibility index (Phi) is 15.1. The Bertz CT molecular complexity index is 973. The van der Waals surface area contributed by atoms with Gasteiger partial charge in [-0.3, -0.25) is 10.1 Å². The maximum Gasteiger partial charge on any atom is 2.00 e. The fourth-order valence-electron chi connectivity index (χ4n) is 2.21. The summed E-state index contributed by atoms with van der Waals surface area (Å²) in [6.07, 6.45) is 2.73. The molecule has 172 valence electrons. The van der Waals surface area contributed by atoms with Crippen molar-refractivity contribution in [3.8, 4) is 11.4 Å². The molecule has 0 radical (unpaired) electrons. The summed E-state index contributed by atoms with van der Waals surface area (Å²) in [6.45, 7) is 0. The number of pyridine rings is 2. The normalized spacial score (nSPS) is 8.61. The van der Waals surface area contributed by atoms with Crippen LogP contribution in [0.4, 0.5) is 5.69 Å². The third kappa shape index (κ3) is 8.92. The first kappa shape index (κ1) is 33.6. The van der Waals surface area contributed by atoms with Crippen molar-refractivity contribution in [3.63, 3.8) is 0 Å². The van der Waals surface area contributed by atoms with E-state index < -0.39 is 33.7 Å². The molecule has 0 spiro atoms. The largest absolute Gasteiger partial charge is 2.00 e. The Labute approximate surface area is 198 Å². The summed E-state index contributed by atoms with van der Waals surface area (Å²) in [5.41, 5.74) is -1.10. The van der Waals surface area contributed by atoms with Crippen molar-refractivity contribution in [2.45, 2.75) is 0 Å². The van der Waals surface area contributed by atoms with E-state index in [4.69, 9.17) is 0 Å². The first-order valence-electron chi connectivity index (χ1n) is 7.79. The minimum atomic E-state index is -1.69. The monoisotopic (exact) mass is 518 g/mol. The molecule has 0 aliphatic heterocycles. The number of non-ortho nitro benzene ring substituents is 1. The van der Waals surface area contributed by atoms with Crippen molar-refractivity contribution in [1.82, 2.24) is 0 Å². The fourth-order valence-corrected chi connectivity index (χ4v) is 2.21. The van der Waals surface area contributed by atoms with Gasteiger partial charge in [-0.05, 0) is 18.2 Å². The van der Waals surface area contributed by atoms with Gasteiger partial charge in [0.2, 0.25) is 0 Å². The number of carboxylic acid groups (broad SMARTS) is 2. The van der Waals surface area contributed by atoms with E-state index in [0.717, 1.165) is 6.07 Å². The van der Waals surface area contributed by atoms with Crippen LogP contribution in [0, 0.1) is 20.5 Å². The van der Waals surface area contributed by atoms with Crippen molar-refractivity contribution in [3.05, 3.63) is 98.6 Å². The molecule has 0 unspecified atom stereocenters. The maximum atomic E-state index is 11.3. The van der Waals surface area contributed by atoms with Gasteiger partial charge in [-0.15, -0.1) is 0 Å². The molecule has 2 aromatic heterocycles. The Morgan fingerprint density at radius 2 is 1.09 bits per heavy atom. The zero-order valence-electron chi connectivity index (χ0n) is 16.9. The number of hydrogen-bond acceptors (Lipinski definition) is 8. The molecular weight excluding hydrogens is 500 g/mol. The Morgan fingerprint density at radius 1 is 0.727 bits per heavy atom. The number of hydrogen-bond donors (Lipinski definition) is 0. The van der Waals surface area contributed by atoms with Crippen molar-refractivity contribution in [2.75, 3.05) is 0 Å². The van der Waals surface area contributed by atoms with Gasteiger partial charge in [0.05, 0.1) is 16.9 Å². The Hall–Kier alpha value is -4.04. The average molecular weight is 520 g/mol. The topological polar surface area (TPSA) is 276 Å². The minimum Gasteiger partial charge on any atom is -0.618 e. The van der Waals surface area contributed by atoms with E-state index >= 15 is 0 Å². The second-order valence-electron chi connectivity index (χ2n) is 5.42. The predicted octanol–water partition coefficient (Wildman–Crippen LogP) is -3.83. The van der Waals surface area contributed by atoms with E-state index in [1.165, 1.54) is 12.4 Å². The fraction of sp³-hybridized carbons (Fsp3) is 0. The Balaban J connectivity index is -0.000000487. The molecule has 0 saturated heterocycles. The van der Waals surface area contributed by atoms with Crippen molar-refractivity contribution in [2.24, 2.45) is 0 Å². The van der Waals surface area contributed by atoms with Crippen molar-refractivity contribution < 1.29 is 70.1 Å². The Morgan fingerprint density at radius 3 is 1.36 bits per heavy atom. The zero-order valence-corrected chi connectivity index (χ0v) is 19.9. The summed E-state index contributed by atoms with van der Waals surface area (Å²) >= 11 is 0. The SMILES string of the molecule is O=C([O-])c1cc(C(=O)[O-])cc([N+](=O)[O-])c1.[O-][n+]1ccccc1-c1cccc[n+]1[O-].[OH3+].[OH3+].[OH3+].[Zn+2]. The molecule has 2 heterocycles. The molecule has 0 fully saturated rings.